The Morgan fingerprint density at radius 3 is 2.82 bits per heavy atom. The molecule has 0 saturated heterocycles. The Labute approximate surface area is 134 Å². The molecule has 4 heteroatoms. The number of aryl methyl sites for hydroxylation is 1. The van der Waals surface area contributed by atoms with Gasteiger partial charge in [-0.1, -0.05) is 19.1 Å². The molecule has 1 aliphatic heterocycles. The molecule has 0 saturated carbocycles. The van der Waals surface area contributed by atoms with Gasteiger partial charge in [0.05, 0.1) is 6.04 Å². The van der Waals surface area contributed by atoms with E-state index in [1.165, 1.54) is 22.6 Å². The molecule has 1 aromatic heterocycles. The SMILES string of the molecule is CCC1c2ccsc2CCN1C(=O)CCc1ccc(F)cc1. The molecule has 1 unspecified atom stereocenters. The van der Waals surface area contributed by atoms with Crippen LogP contribution in [0.4, 0.5) is 4.39 Å². The first-order valence-corrected chi connectivity index (χ1v) is 8.67. The van der Waals surface area contributed by atoms with Crippen LogP contribution in [0, 0.1) is 5.82 Å². The van der Waals surface area contributed by atoms with Gasteiger partial charge in [-0.15, -0.1) is 11.3 Å². The van der Waals surface area contributed by atoms with Crippen LogP contribution >= 0.6 is 11.3 Å². The summed E-state index contributed by atoms with van der Waals surface area (Å²) < 4.78 is 12.9. The van der Waals surface area contributed by atoms with Crippen LogP contribution in [0.15, 0.2) is 35.7 Å². The van der Waals surface area contributed by atoms with Crippen molar-refractivity contribution in [2.45, 2.75) is 38.6 Å². The maximum atomic E-state index is 12.9. The summed E-state index contributed by atoms with van der Waals surface area (Å²) in [7, 11) is 0. The maximum Gasteiger partial charge on any atom is 0.223 e. The molecule has 1 aliphatic rings. The second kappa shape index (κ2) is 6.61. The van der Waals surface area contributed by atoms with E-state index in [1.54, 1.807) is 23.5 Å². The van der Waals surface area contributed by atoms with Crippen molar-refractivity contribution in [2.24, 2.45) is 0 Å². The molecule has 0 N–H and O–H groups in total. The highest BCUT2D eigenvalue weighted by Gasteiger charge is 2.29. The number of hydrogen-bond donors (Lipinski definition) is 0. The number of thiophene rings is 1. The third-order valence-corrected chi connectivity index (χ3v) is 5.34. The molecule has 116 valence electrons. The van der Waals surface area contributed by atoms with Crippen molar-refractivity contribution >= 4 is 17.2 Å². The minimum atomic E-state index is -0.234. The molecule has 1 atom stereocenters. The number of carbonyl (C=O) groups is 1. The van der Waals surface area contributed by atoms with E-state index in [0.29, 0.717) is 12.8 Å². The number of nitrogens with zero attached hydrogens (tertiary/aromatic N) is 1. The summed E-state index contributed by atoms with van der Waals surface area (Å²) in [5.74, 6) is -0.0323. The first kappa shape index (κ1) is 15.2. The lowest BCUT2D eigenvalue weighted by molar-refractivity contribution is -0.134. The third kappa shape index (κ3) is 3.07. The van der Waals surface area contributed by atoms with Crippen LogP contribution in [0.1, 0.15) is 41.8 Å². The number of carbonyl (C=O) groups excluding carboxylic acids is 1. The van der Waals surface area contributed by atoms with Gasteiger partial charge in [0.15, 0.2) is 0 Å². The van der Waals surface area contributed by atoms with E-state index in [0.717, 1.165) is 24.9 Å². The van der Waals surface area contributed by atoms with Gasteiger partial charge in [-0.05, 0) is 54.0 Å². The van der Waals surface area contributed by atoms with Gasteiger partial charge in [0, 0.05) is 17.8 Å². The second-order valence-electron chi connectivity index (χ2n) is 5.69. The Kier molecular flexibility index (Phi) is 4.57. The molecular weight excluding hydrogens is 297 g/mol. The average Bonchev–Trinajstić information content (AvgIpc) is 3.01. The summed E-state index contributed by atoms with van der Waals surface area (Å²) in [4.78, 5) is 16.0. The molecule has 3 rings (SSSR count). The number of fused-ring (bicyclic) bond motifs is 1. The Hall–Kier alpha value is -1.68. The maximum absolute atomic E-state index is 12.9. The highest BCUT2D eigenvalue weighted by molar-refractivity contribution is 7.10. The molecule has 0 radical (unpaired) electrons. The third-order valence-electron chi connectivity index (χ3n) is 4.34. The summed E-state index contributed by atoms with van der Waals surface area (Å²) >= 11 is 1.80. The van der Waals surface area contributed by atoms with Gasteiger partial charge < -0.3 is 4.90 Å². The zero-order valence-electron chi connectivity index (χ0n) is 12.7. The average molecular weight is 317 g/mol. The number of rotatable bonds is 4. The van der Waals surface area contributed by atoms with Gasteiger partial charge in [-0.3, -0.25) is 4.79 Å². The normalized spacial score (nSPS) is 17.4. The number of benzene rings is 1. The molecule has 2 heterocycles. The molecule has 0 spiro atoms. The summed E-state index contributed by atoms with van der Waals surface area (Å²) in [6, 6.07) is 8.80. The predicted molar refractivity (Wildman–Crippen MR) is 87.5 cm³/mol. The van der Waals surface area contributed by atoms with Crippen LogP contribution in [0.3, 0.4) is 0 Å². The topological polar surface area (TPSA) is 20.3 Å². The molecular formula is C18H20FNOS. The lowest BCUT2D eigenvalue weighted by atomic mass is 9.97. The van der Waals surface area contributed by atoms with Crippen LogP contribution < -0.4 is 0 Å². The molecule has 0 bridgehead atoms. The largest absolute Gasteiger partial charge is 0.335 e. The molecule has 2 nitrogen and oxygen atoms in total. The standard InChI is InChI=1S/C18H20FNOS/c1-2-16-15-10-12-22-17(15)9-11-20(16)18(21)8-5-13-3-6-14(19)7-4-13/h3-4,6-7,10,12,16H,2,5,8-9,11H2,1H3. The summed E-state index contributed by atoms with van der Waals surface area (Å²) in [5.41, 5.74) is 2.34. The van der Waals surface area contributed by atoms with Crippen LogP contribution in [0.5, 0.6) is 0 Å². The highest BCUT2D eigenvalue weighted by atomic mass is 32.1. The molecule has 0 fully saturated rings. The Balaban J connectivity index is 1.66. The van der Waals surface area contributed by atoms with Gasteiger partial charge in [0.1, 0.15) is 5.82 Å². The lowest BCUT2D eigenvalue weighted by Gasteiger charge is -2.35. The Bertz CT molecular complexity index is 649. The molecule has 1 amide bonds. The summed E-state index contributed by atoms with van der Waals surface area (Å²) in [5, 5.41) is 2.12. The predicted octanol–water partition coefficient (Wildman–Crippen LogP) is 4.36. The quantitative estimate of drug-likeness (QED) is 0.820. The molecule has 22 heavy (non-hydrogen) atoms. The molecule has 1 aromatic carbocycles. The van der Waals surface area contributed by atoms with Crippen molar-refractivity contribution in [2.75, 3.05) is 6.54 Å². The zero-order valence-corrected chi connectivity index (χ0v) is 13.5. The van der Waals surface area contributed by atoms with Crippen molar-refractivity contribution < 1.29 is 9.18 Å². The zero-order chi connectivity index (χ0) is 15.5. The van der Waals surface area contributed by atoms with E-state index in [9.17, 15) is 9.18 Å². The van der Waals surface area contributed by atoms with Crippen LogP contribution in [0.25, 0.3) is 0 Å². The van der Waals surface area contributed by atoms with E-state index in [-0.39, 0.29) is 17.8 Å². The first-order chi connectivity index (χ1) is 10.7. The van der Waals surface area contributed by atoms with Crippen molar-refractivity contribution in [3.63, 3.8) is 0 Å². The smallest absolute Gasteiger partial charge is 0.223 e. The van der Waals surface area contributed by atoms with Crippen molar-refractivity contribution in [1.82, 2.24) is 4.90 Å². The van der Waals surface area contributed by atoms with Gasteiger partial charge >= 0.3 is 0 Å². The molecule has 2 aromatic rings. The van der Waals surface area contributed by atoms with E-state index >= 15 is 0 Å². The van der Waals surface area contributed by atoms with Gasteiger partial charge in [-0.25, -0.2) is 4.39 Å². The van der Waals surface area contributed by atoms with Crippen molar-refractivity contribution in [3.05, 3.63) is 57.5 Å². The number of hydrogen-bond acceptors (Lipinski definition) is 2. The minimum Gasteiger partial charge on any atom is -0.335 e. The van der Waals surface area contributed by atoms with E-state index in [4.69, 9.17) is 0 Å². The van der Waals surface area contributed by atoms with Crippen molar-refractivity contribution in [1.29, 1.82) is 0 Å². The Morgan fingerprint density at radius 1 is 1.32 bits per heavy atom. The van der Waals surface area contributed by atoms with Crippen molar-refractivity contribution in [3.8, 4) is 0 Å². The van der Waals surface area contributed by atoms with Gasteiger partial charge in [-0.2, -0.15) is 0 Å². The van der Waals surface area contributed by atoms with Gasteiger partial charge in [0.2, 0.25) is 5.91 Å². The summed E-state index contributed by atoms with van der Waals surface area (Å²) in [6.07, 6.45) is 3.07. The number of amides is 1. The fourth-order valence-corrected chi connectivity index (χ4v) is 4.11. The van der Waals surface area contributed by atoms with E-state index in [1.807, 2.05) is 4.90 Å². The van der Waals surface area contributed by atoms with Crippen LogP contribution in [-0.4, -0.2) is 17.4 Å². The first-order valence-electron chi connectivity index (χ1n) is 7.79. The van der Waals surface area contributed by atoms with Crippen LogP contribution in [-0.2, 0) is 17.6 Å². The molecule has 0 aliphatic carbocycles. The van der Waals surface area contributed by atoms with E-state index in [2.05, 4.69) is 18.4 Å². The Morgan fingerprint density at radius 2 is 2.09 bits per heavy atom. The number of halogens is 1. The lowest BCUT2D eigenvalue weighted by Crippen LogP contribution is -2.39. The summed E-state index contributed by atoms with van der Waals surface area (Å²) in [6.45, 7) is 2.95. The van der Waals surface area contributed by atoms with E-state index < -0.39 is 0 Å². The fourth-order valence-electron chi connectivity index (χ4n) is 3.18. The highest BCUT2D eigenvalue weighted by Crippen LogP contribution is 2.35. The second-order valence-corrected chi connectivity index (χ2v) is 6.69. The monoisotopic (exact) mass is 317 g/mol. The minimum absolute atomic E-state index is 0.202. The van der Waals surface area contributed by atoms with Gasteiger partial charge in [0.25, 0.3) is 0 Å². The van der Waals surface area contributed by atoms with Crippen LogP contribution in [0.2, 0.25) is 0 Å². The fraction of sp³-hybridized carbons (Fsp3) is 0.389.